The highest BCUT2D eigenvalue weighted by Crippen LogP contribution is 2.30. The van der Waals surface area contributed by atoms with Crippen molar-refractivity contribution in [1.29, 1.82) is 5.26 Å². The number of nitriles is 1. The SMILES string of the molecule is CSC1CCC(Nc2cccnc2C#N)C1. The van der Waals surface area contributed by atoms with Crippen LogP contribution in [0.4, 0.5) is 5.69 Å². The van der Waals surface area contributed by atoms with Crippen LogP contribution < -0.4 is 5.32 Å². The molecule has 84 valence electrons. The van der Waals surface area contributed by atoms with Gasteiger partial charge >= 0.3 is 0 Å². The molecule has 2 rings (SSSR count). The molecular formula is C12H15N3S. The molecule has 4 heteroatoms. The molecule has 3 nitrogen and oxygen atoms in total. The molecule has 1 saturated carbocycles. The predicted octanol–water partition coefficient (Wildman–Crippen LogP) is 2.65. The van der Waals surface area contributed by atoms with Gasteiger partial charge in [-0.3, -0.25) is 0 Å². The lowest BCUT2D eigenvalue weighted by molar-refractivity contribution is 0.756. The van der Waals surface area contributed by atoms with Crippen molar-refractivity contribution in [1.82, 2.24) is 4.98 Å². The topological polar surface area (TPSA) is 48.7 Å². The van der Waals surface area contributed by atoms with Crippen molar-refractivity contribution < 1.29 is 0 Å². The van der Waals surface area contributed by atoms with E-state index in [4.69, 9.17) is 5.26 Å². The first-order valence-electron chi connectivity index (χ1n) is 5.48. The number of nitrogens with zero attached hydrogens (tertiary/aromatic N) is 2. The molecule has 0 spiro atoms. The zero-order chi connectivity index (χ0) is 11.4. The van der Waals surface area contributed by atoms with Crippen LogP contribution in [0, 0.1) is 11.3 Å². The molecule has 0 aliphatic heterocycles. The van der Waals surface area contributed by atoms with E-state index in [-0.39, 0.29) is 0 Å². The Morgan fingerprint density at radius 1 is 1.56 bits per heavy atom. The van der Waals surface area contributed by atoms with Crippen molar-refractivity contribution in [3.05, 3.63) is 24.0 Å². The Balaban J connectivity index is 2.02. The van der Waals surface area contributed by atoms with E-state index in [1.807, 2.05) is 23.9 Å². The van der Waals surface area contributed by atoms with E-state index in [1.165, 1.54) is 19.3 Å². The third kappa shape index (κ3) is 2.48. The van der Waals surface area contributed by atoms with Crippen molar-refractivity contribution in [2.75, 3.05) is 11.6 Å². The molecule has 1 aliphatic rings. The fraction of sp³-hybridized carbons (Fsp3) is 0.500. The first-order valence-corrected chi connectivity index (χ1v) is 6.76. The molecule has 2 atom stereocenters. The van der Waals surface area contributed by atoms with Crippen LogP contribution in [0.25, 0.3) is 0 Å². The van der Waals surface area contributed by atoms with Crippen molar-refractivity contribution in [2.24, 2.45) is 0 Å². The summed E-state index contributed by atoms with van der Waals surface area (Å²) in [6.07, 6.45) is 7.45. The summed E-state index contributed by atoms with van der Waals surface area (Å²) >= 11 is 1.94. The minimum Gasteiger partial charge on any atom is -0.380 e. The molecular weight excluding hydrogens is 218 g/mol. The Labute approximate surface area is 100 Å². The molecule has 1 aliphatic carbocycles. The maximum atomic E-state index is 8.93. The van der Waals surface area contributed by atoms with E-state index in [0.717, 1.165) is 10.9 Å². The zero-order valence-electron chi connectivity index (χ0n) is 9.31. The van der Waals surface area contributed by atoms with E-state index in [0.29, 0.717) is 11.7 Å². The number of aromatic nitrogens is 1. The van der Waals surface area contributed by atoms with Crippen LogP contribution in [0.5, 0.6) is 0 Å². The summed E-state index contributed by atoms with van der Waals surface area (Å²) in [6, 6.07) is 6.40. The molecule has 1 fully saturated rings. The fourth-order valence-corrected chi connectivity index (χ4v) is 2.91. The lowest BCUT2D eigenvalue weighted by Gasteiger charge is -2.14. The van der Waals surface area contributed by atoms with Gasteiger partial charge in [-0.25, -0.2) is 4.98 Å². The molecule has 0 radical (unpaired) electrons. The third-order valence-electron chi connectivity index (χ3n) is 2.99. The maximum Gasteiger partial charge on any atom is 0.163 e. The van der Waals surface area contributed by atoms with E-state index in [2.05, 4.69) is 22.6 Å². The smallest absolute Gasteiger partial charge is 0.163 e. The van der Waals surface area contributed by atoms with E-state index in [9.17, 15) is 0 Å². The molecule has 0 aromatic carbocycles. The molecule has 1 N–H and O–H groups in total. The Hall–Kier alpha value is -1.21. The number of anilines is 1. The van der Waals surface area contributed by atoms with E-state index < -0.39 is 0 Å². The minimum absolute atomic E-state index is 0.494. The summed E-state index contributed by atoms with van der Waals surface area (Å²) in [5.41, 5.74) is 1.37. The highest BCUT2D eigenvalue weighted by Gasteiger charge is 2.24. The molecule has 1 heterocycles. The van der Waals surface area contributed by atoms with Gasteiger partial charge in [0.2, 0.25) is 0 Å². The second kappa shape index (κ2) is 5.22. The molecule has 0 amide bonds. The van der Waals surface area contributed by atoms with Gasteiger partial charge in [-0.2, -0.15) is 17.0 Å². The molecule has 1 aromatic rings. The van der Waals surface area contributed by atoms with Crippen molar-refractivity contribution >= 4 is 17.4 Å². The van der Waals surface area contributed by atoms with Gasteiger partial charge in [0.25, 0.3) is 0 Å². The highest BCUT2D eigenvalue weighted by atomic mass is 32.2. The lowest BCUT2D eigenvalue weighted by atomic mass is 10.2. The molecule has 2 unspecified atom stereocenters. The van der Waals surface area contributed by atoms with Gasteiger partial charge in [-0.1, -0.05) is 0 Å². The Morgan fingerprint density at radius 3 is 3.12 bits per heavy atom. The quantitative estimate of drug-likeness (QED) is 0.872. The van der Waals surface area contributed by atoms with Gasteiger partial charge in [0.1, 0.15) is 6.07 Å². The average Bonchev–Trinajstić information content (AvgIpc) is 2.77. The van der Waals surface area contributed by atoms with E-state index in [1.54, 1.807) is 6.20 Å². The van der Waals surface area contributed by atoms with Crippen LogP contribution in [0.2, 0.25) is 0 Å². The second-order valence-corrected chi connectivity index (χ2v) is 5.16. The van der Waals surface area contributed by atoms with Gasteiger partial charge in [0.05, 0.1) is 5.69 Å². The first-order chi connectivity index (χ1) is 7.83. The number of hydrogen-bond donors (Lipinski definition) is 1. The number of rotatable bonds is 3. The fourth-order valence-electron chi connectivity index (χ4n) is 2.12. The summed E-state index contributed by atoms with van der Waals surface area (Å²) in [6.45, 7) is 0. The van der Waals surface area contributed by atoms with Crippen LogP contribution in [0.3, 0.4) is 0 Å². The average molecular weight is 233 g/mol. The predicted molar refractivity (Wildman–Crippen MR) is 67.5 cm³/mol. The molecule has 16 heavy (non-hydrogen) atoms. The van der Waals surface area contributed by atoms with E-state index >= 15 is 0 Å². The van der Waals surface area contributed by atoms with Gasteiger partial charge in [0.15, 0.2) is 5.69 Å². The van der Waals surface area contributed by atoms with Crippen molar-refractivity contribution in [2.45, 2.75) is 30.6 Å². The summed E-state index contributed by atoms with van der Waals surface area (Å²) in [7, 11) is 0. The summed E-state index contributed by atoms with van der Waals surface area (Å²) < 4.78 is 0. The minimum atomic E-state index is 0.494. The van der Waals surface area contributed by atoms with Crippen LogP contribution in [0.1, 0.15) is 25.0 Å². The van der Waals surface area contributed by atoms with Crippen molar-refractivity contribution in [3.63, 3.8) is 0 Å². The number of hydrogen-bond acceptors (Lipinski definition) is 4. The number of thioether (sulfide) groups is 1. The normalized spacial score (nSPS) is 24.0. The largest absolute Gasteiger partial charge is 0.380 e. The Bertz CT molecular complexity index is 399. The first kappa shape index (κ1) is 11.3. The molecule has 0 saturated heterocycles. The summed E-state index contributed by atoms with van der Waals surface area (Å²) in [4.78, 5) is 4.05. The van der Waals surface area contributed by atoms with Gasteiger partial charge in [0, 0.05) is 17.5 Å². The standard InChI is InChI=1S/C12H15N3S/c1-16-10-5-4-9(7-10)15-11-3-2-6-14-12(11)8-13/h2-3,6,9-10,15H,4-5,7H2,1H3. The van der Waals surface area contributed by atoms with Crippen molar-refractivity contribution in [3.8, 4) is 6.07 Å². The van der Waals surface area contributed by atoms with Crippen LogP contribution in [-0.4, -0.2) is 22.5 Å². The Morgan fingerprint density at radius 2 is 2.44 bits per heavy atom. The number of pyridine rings is 1. The lowest BCUT2D eigenvalue weighted by Crippen LogP contribution is -2.17. The third-order valence-corrected chi connectivity index (χ3v) is 4.09. The van der Waals surface area contributed by atoms with Gasteiger partial charge in [-0.15, -0.1) is 0 Å². The maximum absolute atomic E-state index is 8.93. The van der Waals surface area contributed by atoms with Gasteiger partial charge in [-0.05, 0) is 37.7 Å². The molecule has 0 bridgehead atoms. The van der Waals surface area contributed by atoms with Crippen LogP contribution in [0.15, 0.2) is 18.3 Å². The van der Waals surface area contributed by atoms with Crippen LogP contribution in [-0.2, 0) is 0 Å². The summed E-state index contributed by atoms with van der Waals surface area (Å²) in [5.74, 6) is 0. The zero-order valence-corrected chi connectivity index (χ0v) is 10.1. The second-order valence-electron chi connectivity index (χ2n) is 4.02. The summed E-state index contributed by atoms with van der Waals surface area (Å²) in [5, 5.41) is 13.1. The van der Waals surface area contributed by atoms with Crippen LogP contribution >= 0.6 is 11.8 Å². The number of nitrogens with one attached hydrogen (secondary N) is 1. The monoisotopic (exact) mass is 233 g/mol. The highest BCUT2D eigenvalue weighted by molar-refractivity contribution is 7.99. The van der Waals surface area contributed by atoms with Gasteiger partial charge < -0.3 is 5.32 Å². The Kier molecular flexibility index (Phi) is 3.68. The molecule has 1 aromatic heterocycles.